The Hall–Kier alpha value is -1.06. The van der Waals surface area contributed by atoms with Gasteiger partial charge in [-0.25, -0.2) is 8.42 Å². The lowest BCUT2D eigenvalue weighted by molar-refractivity contribution is -0.137. The summed E-state index contributed by atoms with van der Waals surface area (Å²) in [7, 11) is -1.44. The molecular formula is C21H29NO5S3. The van der Waals surface area contributed by atoms with E-state index in [2.05, 4.69) is 0 Å². The smallest absolute Gasteiger partial charge is 0.261 e. The molecule has 1 aliphatic carbocycles. The van der Waals surface area contributed by atoms with Gasteiger partial charge in [0.2, 0.25) is 0 Å². The molecule has 3 aliphatic rings. The Morgan fingerprint density at radius 1 is 1.10 bits per heavy atom. The van der Waals surface area contributed by atoms with E-state index in [1.165, 1.54) is 5.56 Å². The zero-order chi connectivity index (χ0) is 21.1. The van der Waals surface area contributed by atoms with Gasteiger partial charge in [-0.3, -0.25) is 4.79 Å². The summed E-state index contributed by atoms with van der Waals surface area (Å²) in [5.41, 5.74) is 1.20. The van der Waals surface area contributed by atoms with Crippen molar-refractivity contribution in [2.75, 3.05) is 36.7 Å². The van der Waals surface area contributed by atoms with Crippen LogP contribution in [0.25, 0.3) is 0 Å². The first-order valence-electron chi connectivity index (χ1n) is 10.5. The molecule has 0 spiro atoms. The van der Waals surface area contributed by atoms with Crippen molar-refractivity contribution in [3.05, 3.63) is 23.8 Å². The van der Waals surface area contributed by atoms with Crippen molar-refractivity contribution in [1.29, 1.82) is 0 Å². The van der Waals surface area contributed by atoms with Gasteiger partial charge in [-0.15, -0.1) is 23.5 Å². The number of methoxy groups -OCH3 is 1. The third-order valence-corrected chi connectivity index (χ3v) is 10.9. The Morgan fingerprint density at radius 2 is 1.83 bits per heavy atom. The van der Waals surface area contributed by atoms with Crippen LogP contribution in [0.5, 0.6) is 11.5 Å². The van der Waals surface area contributed by atoms with E-state index in [9.17, 15) is 13.2 Å². The molecule has 2 heterocycles. The van der Waals surface area contributed by atoms with Crippen molar-refractivity contribution in [2.24, 2.45) is 0 Å². The molecule has 1 saturated carbocycles. The number of rotatable bonds is 7. The highest BCUT2D eigenvalue weighted by molar-refractivity contribution is 8.19. The first kappa shape index (κ1) is 22.1. The molecule has 2 saturated heterocycles. The van der Waals surface area contributed by atoms with Crippen molar-refractivity contribution in [1.82, 2.24) is 4.90 Å². The average molecular weight is 472 g/mol. The van der Waals surface area contributed by atoms with E-state index in [1.807, 2.05) is 46.6 Å². The SMILES string of the molecule is COc1cc(C2SCCS2)ccc1OCC(=O)N(C1CCCC1)C1CCS(=O)(=O)C1. The number of benzene rings is 1. The lowest BCUT2D eigenvalue weighted by Gasteiger charge is -2.34. The molecule has 4 rings (SSSR count). The van der Waals surface area contributed by atoms with Crippen LogP contribution >= 0.6 is 23.5 Å². The second kappa shape index (κ2) is 9.61. The van der Waals surface area contributed by atoms with Gasteiger partial charge in [-0.05, 0) is 37.0 Å². The molecule has 3 fully saturated rings. The monoisotopic (exact) mass is 471 g/mol. The molecule has 0 N–H and O–H groups in total. The van der Waals surface area contributed by atoms with Crippen LogP contribution in [0.4, 0.5) is 0 Å². The molecule has 1 atom stereocenters. The predicted molar refractivity (Wildman–Crippen MR) is 122 cm³/mol. The van der Waals surface area contributed by atoms with Crippen molar-refractivity contribution in [3.63, 3.8) is 0 Å². The van der Waals surface area contributed by atoms with Gasteiger partial charge in [0.25, 0.3) is 5.91 Å². The van der Waals surface area contributed by atoms with Crippen LogP contribution in [0.3, 0.4) is 0 Å². The summed E-state index contributed by atoms with van der Waals surface area (Å²) in [5.74, 6) is 3.59. The second-order valence-electron chi connectivity index (χ2n) is 8.07. The van der Waals surface area contributed by atoms with E-state index in [-0.39, 0.29) is 36.1 Å². The molecule has 30 heavy (non-hydrogen) atoms. The molecule has 0 radical (unpaired) electrons. The Kier molecular flexibility index (Phi) is 7.09. The number of hydrogen-bond acceptors (Lipinski definition) is 7. The van der Waals surface area contributed by atoms with E-state index < -0.39 is 9.84 Å². The van der Waals surface area contributed by atoms with E-state index in [0.717, 1.165) is 37.2 Å². The molecule has 2 aliphatic heterocycles. The zero-order valence-corrected chi connectivity index (χ0v) is 19.7. The molecule has 1 aromatic rings. The van der Waals surface area contributed by atoms with Crippen LogP contribution in [-0.4, -0.2) is 68.0 Å². The van der Waals surface area contributed by atoms with Gasteiger partial charge in [0.05, 0.1) is 23.2 Å². The number of nitrogens with zero attached hydrogens (tertiary/aromatic N) is 1. The minimum Gasteiger partial charge on any atom is -0.493 e. The summed E-state index contributed by atoms with van der Waals surface area (Å²) >= 11 is 3.85. The summed E-state index contributed by atoms with van der Waals surface area (Å²) in [6.45, 7) is -0.102. The fourth-order valence-electron chi connectivity index (χ4n) is 4.60. The van der Waals surface area contributed by atoms with Crippen LogP contribution in [0.15, 0.2) is 18.2 Å². The van der Waals surface area contributed by atoms with Gasteiger partial charge in [0.1, 0.15) is 0 Å². The number of carbonyl (C=O) groups is 1. The number of carbonyl (C=O) groups excluding carboxylic acids is 1. The van der Waals surface area contributed by atoms with Gasteiger partial charge in [-0.1, -0.05) is 18.9 Å². The lowest BCUT2D eigenvalue weighted by atomic mass is 10.1. The van der Waals surface area contributed by atoms with Crippen molar-refractivity contribution < 1.29 is 22.7 Å². The molecule has 1 amide bonds. The van der Waals surface area contributed by atoms with Gasteiger partial charge in [0.15, 0.2) is 27.9 Å². The first-order valence-corrected chi connectivity index (χ1v) is 14.4. The fraction of sp³-hybridized carbons (Fsp3) is 0.667. The molecule has 0 aromatic heterocycles. The predicted octanol–water partition coefficient (Wildman–Crippen LogP) is 3.51. The van der Waals surface area contributed by atoms with Crippen molar-refractivity contribution in [2.45, 2.75) is 48.8 Å². The molecule has 166 valence electrons. The molecule has 9 heteroatoms. The Labute approximate surface area is 187 Å². The topological polar surface area (TPSA) is 72.9 Å². The maximum Gasteiger partial charge on any atom is 0.261 e. The van der Waals surface area contributed by atoms with Crippen molar-refractivity contribution >= 4 is 39.3 Å². The lowest BCUT2D eigenvalue weighted by Crippen LogP contribution is -2.48. The molecule has 1 unspecified atom stereocenters. The van der Waals surface area contributed by atoms with E-state index in [1.54, 1.807) is 7.11 Å². The third-order valence-electron chi connectivity index (χ3n) is 6.04. The van der Waals surface area contributed by atoms with Gasteiger partial charge in [-0.2, -0.15) is 0 Å². The van der Waals surface area contributed by atoms with E-state index >= 15 is 0 Å². The van der Waals surface area contributed by atoms with Gasteiger partial charge in [0, 0.05) is 23.6 Å². The van der Waals surface area contributed by atoms with Crippen LogP contribution in [0.1, 0.15) is 42.2 Å². The quantitative estimate of drug-likeness (QED) is 0.602. The summed E-state index contributed by atoms with van der Waals surface area (Å²) in [6.07, 6.45) is 4.58. The molecule has 6 nitrogen and oxygen atoms in total. The van der Waals surface area contributed by atoms with E-state index in [0.29, 0.717) is 22.5 Å². The number of sulfone groups is 1. The number of ether oxygens (including phenoxy) is 2. The van der Waals surface area contributed by atoms with Gasteiger partial charge < -0.3 is 14.4 Å². The third kappa shape index (κ3) is 5.05. The van der Waals surface area contributed by atoms with Crippen molar-refractivity contribution in [3.8, 4) is 11.5 Å². The zero-order valence-electron chi connectivity index (χ0n) is 17.2. The fourth-order valence-corrected chi connectivity index (χ4v) is 9.15. The standard InChI is InChI=1S/C21H29NO5S3/c1-26-19-12-15(21-28-9-10-29-21)6-7-18(19)27-13-20(23)22(16-4-2-3-5-16)17-8-11-30(24,25)14-17/h6-7,12,16-17,21H,2-5,8-11,13-14H2,1H3. The Bertz CT molecular complexity index is 863. The van der Waals surface area contributed by atoms with Gasteiger partial charge >= 0.3 is 0 Å². The van der Waals surface area contributed by atoms with Crippen LogP contribution < -0.4 is 9.47 Å². The van der Waals surface area contributed by atoms with E-state index in [4.69, 9.17) is 9.47 Å². The molecular weight excluding hydrogens is 442 g/mol. The maximum atomic E-state index is 13.1. The minimum atomic E-state index is -3.05. The summed E-state index contributed by atoms with van der Waals surface area (Å²) in [4.78, 5) is 15.0. The van der Waals surface area contributed by atoms with Crippen LogP contribution in [0.2, 0.25) is 0 Å². The first-order chi connectivity index (χ1) is 14.5. The number of thioether (sulfide) groups is 2. The molecule has 1 aromatic carbocycles. The highest BCUT2D eigenvalue weighted by Gasteiger charge is 2.39. The van der Waals surface area contributed by atoms with Crippen LogP contribution in [0, 0.1) is 0 Å². The summed E-state index contributed by atoms with van der Waals surface area (Å²) in [6, 6.07) is 5.81. The minimum absolute atomic E-state index is 0.0734. The Morgan fingerprint density at radius 3 is 2.47 bits per heavy atom. The second-order valence-corrected chi connectivity index (χ2v) is 13.0. The maximum absolute atomic E-state index is 13.1. The van der Waals surface area contributed by atoms with Crippen LogP contribution in [-0.2, 0) is 14.6 Å². The number of hydrogen-bond donors (Lipinski definition) is 0. The summed E-state index contributed by atoms with van der Waals surface area (Å²) in [5, 5.41) is 0. The normalized spacial score (nSPS) is 24.2. The summed E-state index contributed by atoms with van der Waals surface area (Å²) < 4.78 is 35.8. The highest BCUT2D eigenvalue weighted by Crippen LogP contribution is 2.47. The molecule has 0 bridgehead atoms. The highest BCUT2D eigenvalue weighted by atomic mass is 32.2. The number of amides is 1. The Balaban J connectivity index is 1.45. The largest absolute Gasteiger partial charge is 0.493 e. The average Bonchev–Trinajstić information content (AvgIpc) is 3.49.